The van der Waals surface area contributed by atoms with E-state index in [1.165, 1.54) is 23.3 Å². The number of anilines is 1. The van der Waals surface area contributed by atoms with Crippen molar-refractivity contribution in [3.63, 3.8) is 0 Å². The molecule has 0 bridgehead atoms. The van der Waals surface area contributed by atoms with Crippen LogP contribution in [0.15, 0.2) is 42.7 Å². The summed E-state index contributed by atoms with van der Waals surface area (Å²) in [7, 11) is 3.46. The summed E-state index contributed by atoms with van der Waals surface area (Å²) in [5.74, 6) is 0.281. The standard InChI is InChI=1S/C24H26FN7O2/c1-15-9-16(23(33)29(2)3)10-21(28-15)30-11-17-13-31(14-18(17)12-30)24(34)22-19(25)5-4-6-20(22)32-26-7-8-27-32/h4-10,17-18H,11-14H2,1-3H3. The minimum absolute atomic E-state index is 0.0114. The van der Waals surface area contributed by atoms with E-state index in [0.29, 0.717) is 24.3 Å². The van der Waals surface area contributed by atoms with E-state index >= 15 is 0 Å². The van der Waals surface area contributed by atoms with E-state index in [-0.39, 0.29) is 29.2 Å². The highest BCUT2D eigenvalue weighted by molar-refractivity contribution is 5.98. The van der Waals surface area contributed by atoms with Gasteiger partial charge in [-0.3, -0.25) is 9.59 Å². The number of aryl methyl sites for hydroxylation is 1. The van der Waals surface area contributed by atoms with Gasteiger partial charge in [0, 0.05) is 63.4 Å². The van der Waals surface area contributed by atoms with E-state index in [4.69, 9.17) is 0 Å². The third-order valence-electron chi connectivity index (χ3n) is 6.53. The Balaban J connectivity index is 1.33. The van der Waals surface area contributed by atoms with Crippen molar-refractivity contribution in [2.24, 2.45) is 11.8 Å². The highest BCUT2D eigenvalue weighted by Gasteiger charge is 2.43. The average Bonchev–Trinajstić information content (AvgIpc) is 3.54. The molecule has 9 nitrogen and oxygen atoms in total. The largest absolute Gasteiger partial charge is 0.356 e. The monoisotopic (exact) mass is 463 g/mol. The summed E-state index contributed by atoms with van der Waals surface area (Å²) in [6.45, 7) is 4.41. The predicted molar refractivity (Wildman–Crippen MR) is 123 cm³/mol. The number of carbonyl (C=O) groups excluding carboxylic acids is 2. The number of benzene rings is 1. The smallest absolute Gasteiger partial charge is 0.259 e. The molecule has 1 aromatic carbocycles. The van der Waals surface area contributed by atoms with Gasteiger partial charge in [0.2, 0.25) is 0 Å². The number of fused-ring (bicyclic) bond motifs is 1. The average molecular weight is 464 g/mol. The van der Waals surface area contributed by atoms with Crippen molar-refractivity contribution in [3.05, 3.63) is 65.4 Å². The molecule has 3 aromatic rings. The summed E-state index contributed by atoms with van der Waals surface area (Å²) in [6.07, 6.45) is 2.98. The zero-order chi connectivity index (χ0) is 24.0. The van der Waals surface area contributed by atoms with Gasteiger partial charge in [-0.1, -0.05) is 6.07 Å². The molecule has 176 valence electrons. The Hall–Kier alpha value is -3.82. The van der Waals surface area contributed by atoms with Gasteiger partial charge < -0.3 is 14.7 Å². The van der Waals surface area contributed by atoms with Crippen LogP contribution in [-0.4, -0.2) is 81.9 Å². The van der Waals surface area contributed by atoms with Gasteiger partial charge in [-0.25, -0.2) is 9.37 Å². The number of hydrogen-bond donors (Lipinski definition) is 0. The first-order valence-electron chi connectivity index (χ1n) is 11.2. The SMILES string of the molecule is Cc1cc(C(=O)N(C)C)cc(N2CC3CN(C(=O)c4c(F)cccc4-n4nccn4)CC3C2)n1. The van der Waals surface area contributed by atoms with E-state index in [2.05, 4.69) is 20.1 Å². The number of likely N-dealkylation sites (tertiary alicyclic amines) is 1. The van der Waals surface area contributed by atoms with Crippen LogP contribution in [0.1, 0.15) is 26.4 Å². The third kappa shape index (κ3) is 3.89. The van der Waals surface area contributed by atoms with E-state index in [9.17, 15) is 14.0 Å². The molecule has 10 heteroatoms. The minimum Gasteiger partial charge on any atom is -0.356 e. The van der Waals surface area contributed by atoms with Crippen molar-refractivity contribution in [1.82, 2.24) is 29.8 Å². The molecule has 4 heterocycles. The Labute approximate surface area is 196 Å². The van der Waals surface area contributed by atoms with Crippen LogP contribution in [0.5, 0.6) is 0 Å². The Morgan fingerprint density at radius 3 is 2.35 bits per heavy atom. The van der Waals surface area contributed by atoms with Crippen LogP contribution in [0.25, 0.3) is 5.69 Å². The fraction of sp³-hybridized carbons (Fsp3) is 0.375. The maximum absolute atomic E-state index is 14.8. The lowest BCUT2D eigenvalue weighted by Crippen LogP contribution is -2.34. The fourth-order valence-electron chi connectivity index (χ4n) is 4.93. The van der Waals surface area contributed by atoms with Crippen LogP contribution in [-0.2, 0) is 0 Å². The maximum Gasteiger partial charge on any atom is 0.259 e. The fourth-order valence-corrected chi connectivity index (χ4v) is 4.93. The lowest BCUT2D eigenvalue weighted by molar-refractivity contribution is 0.0776. The van der Waals surface area contributed by atoms with Crippen LogP contribution in [0.2, 0.25) is 0 Å². The molecule has 2 unspecified atom stereocenters. The predicted octanol–water partition coefficient (Wildman–Crippen LogP) is 2.02. The summed E-state index contributed by atoms with van der Waals surface area (Å²) >= 11 is 0. The molecule has 2 aromatic heterocycles. The van der Waals surface area contributed by atoms with Gasteiger partial charge >= 0.3 is 0 Å². The Morgan fingerprint density at radius 1 is 1.03 bits per heavy atom. The Bertz CT molecular complexity index is 1230. The molecule has 2 aliphatic rings. The van der Waals surface area contributed by atoms with E-state index in [1.807, 2.05) is 13.0 Å². The molecule has 0 spiro atoms. The summed E-state index contributed by atoms with van der Waals surface area (Å²) in [5.41, 5.74) is 1.72. The molecule has 0 aliphatic carbocycles. The highest BCUT2D eigenvalue weighted by Crippen LogP contribution is 2.35. The topological polar surface area (TPSA) is 87.5 Å². The molecular weight excluding hydrogens is 437 g/mol. The molecule has 34 heavy (non-hydrogen) atoms. The Morgan fingerprint density at radius 2 is 1.71 bits per heavy atom. The van der Waals surface area contributed by atoms with Gasteiger partial charge in [0.15, 0.2) is 0 Å². The number of pyridine rings is 1. The molecule has 0 N–H and O–H groups in total. The van der Waals surface area contributed by atoms with E-state index in [1.54, 1.807) is 42.1 Å². The lowest BCUT2D eigenvalue weighted by atomic mass is 10.0. The normalized spacial score (nSPS) is 19.4. The summed E-state index contributed by atoms with van der Waals surface area (Å²) in [4.78, 5) is 37.2. The Kier molecular flexibility index (Phi) is 5.51. The van der Waals surface area contributed by atoms with Crippen molar-refractivity contribution in [1.29, 1.82) is 0 Å². The first-order chi connectivity index (χ1) is 16.3. The molecule has 5 rings (SSSR count). The number of carbonyl (C=O) groups is 2. The second-order valence-corrected chi connectivity index (χ2v) is 9.14. The lowest BCUT2D eigenvalue weighted by Gasteiger charge is -2.24. The quantitative estimate of drug-likeness (QED) is 0.588. The summed E-state index contributed by atoms with van der Waals surface area (Å²) < 4.78 is 14.8. The first kappa shape index (κ1) is 22.0. The number of rotatable bonds is 4. The number of amides is 2. The zero-order valence-electron chi connectivity index (χ0n) is 19.3. The van der Waals surface area contributed by atoms with Crippen molar-refractivity contribution in [3.8, 4) is 5.69 Å². The molecular formula is C24H26FN7O2. The second-order valence-electron chi connectivity index (χ2n) is 9.14. The van der Waals surface area contributed by atoms with Gasteiger partial charge in [0.25, 0.3) is 11.8 Å². The maximum atomic E-state index is 14.8. The number of halogens is 1. The number of hydrogen-bond acceptors (Lipinski definition) is 6. The van der Waals surface area contributed by atoms with Crippen LogP contribution in [0, 0.1) is 24.6 Å². The number of aromatic nitrogens is 4. The van der Waals surface area contributed by atoms with Gasteiger partial charge in [-0.2, -0.15) is 15.0 Å². The highest BCUT2D eigenvalue weighted by atomic mass is 19.1. The van der Waals surface area contributed by atoms with E-state index < -0.39 is 5.82 Å². The zero-order valence-corrected chi connectivity index (χ0v) is 19.3. The second kappa shape index (κ2) is 8.51. The van der Waals surface area contributed by atoms with Crippen molar-refractivity contribution >= 4 is 17.6 Å². The summed E-state index contributed by atoms with van der Waals surface area (Å²) in [5, 5.41) is 8.13. The van der Waals surface area contributed by atoms with Crippen molar-refractivity contribution in [2.75, 3.05) is 45.2 Å². The molecule has 2 amide bonds. The van der Waals surface area contributed by atoms with E-state index in [0.717, 1.165) is 24.6 Å². The number of nitrogens with zero attached hydrogens (tertiary/aromatic N) is 7. The minimum atomic E-state index is -0.583. The van der Waals surface area contributed by atoms with Gasteiger partial charge in [-0.15, -0.1) is 0 Å². The molecule has 2 saturated heterocycles. The molecule has 2 atom stereocenters. The first-order valence-corrected chi connectivity index (χ1v) is 11.2. The van der Waals surface area contributed by atoms with Gasteiger partial charge in [0.1, 0.15) is 22.9 Å². The van der Waals surface area contributed by atoms with Gasteiger partial charge in [0.05, 0.1) is 12.4 Å². The molecule has 0 radical (unpaired) electrons. The van der Waals surface area contributed by atoms with Crippen molar-refractivity contribution in [2.45, 2.75) is 6.92 Å². The van der Waals surface area contributed by atoms with Crippen LogP contribution < -0.4 is 4.90 Å². The molecule has 2 aliphatic heterocycles. The van der Waals surface area contributed by atoms with Gasteiger partial charge in [-0.05, 0) is 31.2 Å². The summed E-state index contributed by atoms with van der Waals surface area (Å²) in [6, 6.07) is 8.11. The molecule has 2 fully saturated rings. The van der Waals surface area contributed by atoms with Crippen molar-refractivity contribution < 1.29 is 14.0 Å². The third-order valence-corrected chi connectivity index (χ3v) is 6.53. The van der Waals surface area contributed by atoms with Crippen LogP contribution >= 0.6 is 0 Å². The molecule has 0 saturated carbocycles. The van der Waals surface area contributed by atoms with Crippen LogP contribution in [0.4, 0.5) is 10.2 Å². The van der Waals surface area contributed by atoms with Crippen LogP contribution in [0.3, 0.4) is 0 Å².